The zero-order chi connectivity index (χ0) is 11.7. The van der Waals surface area contributed by atoms with Crippen LogP contribution in [0.1, 0.15) is 26.7 Å². The Bertz CT molecular complexity index is 260. The van der Waals surface area contributed by atoms with E-state index in [1.54, 1.807) is 0 Å². The highest BCUT2D eigenvalue weighted by Gasteiger charge is 2.37. The number of carbonyl (C=O) groups is 1. The summed E-state index contributed by atoms with van der Waals surface area (Å²) in [6.45, 7) is 6.70. The van der Waals surface area contributed by atoms with Crippen molar-refractivity contribution in [2.45, 2.75) is 38.9 Å². The molecule has 0 spiro atoms. The molecule has 4 nitrogen and oxygen atoms in total. The third-order valence-corrected chi connectivity index (χ3v) is 3.95. The van der Waals surface area contributed by atoms with Gasteiger partial charge in [-0.25, -0.2) is 0 Å². The fourth-order valence-electron chi connectivity index (χ4n) is 2.57. The van der Waals surface area contributed by atoms with Gasteiger partial charge in [0.15, 0.2) is 0 Å². The van der Waals surface area contributed by atoms with Crippen molar-refractivity contribution in [1.29, 1.82) is 0 Å². The van der Waals surface area contributed by atoms with Gasteiger partial charge in [0.2, 0.25) is 0 Å². The molecule has 0 aliphatic carbocycles. The fourth-order valence-corrected chi connectivity index (χ4v) is 2.57. The molecule has 2 saturated heterocycles. The molecule has 2 aliphatic heterocycles. The van der Waals surface area contributed by atoms with Crippen LogP contribution >= 0.6 is 0 Å². The second-order valence-corrected chi connectivity index (χ2v) is 5.26. The van der Waals surface area contributed by atoms with E-state index in [0.29, 0.717) is 18.4 Å². The van der Waals surface area contributed by atoms with Gasteiger partial charge < -0.3 is 15.4 Å². The zero-order valence-corrected chi connectivity index (χ0v) is 10.2. The molecule has 0 aromatic heterocycles. The van der Waals surface area contributed by atoms with Gasteiger partial charge in [-0.1, -0.05) is 13.8 Å². The van der Waals surface area contributed by atoms with Crippen LogP contribution in [0.25, 0.3) is 0 Å². The van der Waals surface area contributed by atoms with Crippen LogP contribution in [0.15, 0.2) is 0 Å². The summed E-state index contributed by atoms with van der Waals surface area (Å²) in [4.78, 5) is 14.1. The van der Waals surface area contributed by atoms with E-state index < -0.39 is 0 Å². The van der Waals surface area contributed by atoms with Gasteiger partial charge in [0.05, 0.1) is 6.10 Å². The van der Waals surface area contributed by atoms with E-state index in [9.17, 15) is 4.79 Å². The Balaban J connectivity index is 1.89. The lowest BCUT2D eigenvalue weighted by Crippen LogP contribution is -2.38. The number of amides is 1. The van der Waals surface area contributed by atoms with Crippen LogP contribution in [0, 0.1) is 11.8 Å². The second-order valence-electron chi connectivity index (χ2n) is 5.26. The molecule has 16 heavy (non-hydrogen) atoms. The zero-order valence-electron chi connectivity index (χ0n) is 10.2. The lowest BCUT2D eigenvalue weighted by Gasteiger charge is -2.20. The largest absolute Gasteiger partial charge is 0.364 e. The van der Waals surface area contributed by atoms with Gasteiger partial charge in [0.1, 0.15) is 6.10 Å². The molecule has 2 aliphatic rings. The second kappa shape index (κ2) is 4.72. The van der Waals surface area contributed by atoms with Gasteiger partial charge in [0, 0.05) is 19.6 Å². The number of carbonyl (C=O) groups excluding carboxylic acids is 1. The van der Waals surface area contributed by atoms with Crippen molar-refractivity contribution in [3.8, 4) is 0 Å². The van der Waals surface area contributed by atoms with E-state index in [4.69, 9.17) is 10.5 Å². The molecule has 0 bridgehead atoms. The topological polar surface area (TPSA) is 55.6 Å². The van der Waals surface area contributed by atoms with Crippen molar-refractivity contribution in [1.82, 2.24) is 4.90 Å². The number of ether oxygens (including phenoxy) is 1. The molecular weight excluding hydrogens is 204 g/mol. The highest BCUT2D eigenvalue weighted by atomic mass is 16.5. The van der Waals surface area contributed by atoms with Gasteiger partial charge in [0.25, 0.3) is 5.91 Å². The summed E-state index contributed by atoms with van der Waals surface area (Å²) in [5, 5.41) is 0. The van der Waals surface area contributed by atoms with Crippen LogP contribution in [0.3, 0.4) is 0 Å². The molecule has 2 N–H and O–H groups in total. The minimum Gasteiger partial charge on any atom is -0.364 e. The van der Waals surface area contributed by atoms with Crippen LogP contribution in [-0.4, -0.2) is 42.6 Å². The Hall–Kier alpha value is -0.610. The first kappa shape index (κ1) is 11.9. The molecule has 0 saturated carbocycles. The van der Waals surface area contributed by atoms with Gasteiger partial charge in [-0.15, -0.1) is 0 Å². The molecule has 2 fully saturated rings. The summed E-state index contributed by atoms with van der Waals surface area (Å²) in [7, 11) is 0. The normalized spacial score (nSPS) is 39.3. The molecule has 2 rings (SSSR count). The average Bonchev–Trinajstić information content (AvgIpc) is 2.86. The van der Waals surface area contributed by atoms with E-state index in [-0.39, 0.29) is 18.1 Å². The first-order chi connectivity index (χ1) is 7.61. The van der Waals surface area contributed by atoms with E-state index in [0.717, 1.165) is 25.9 Å². The number of nitrogens with two attached hydrogens (primary N) is 1. The van der Waals surface area contributed by atoms with Gasteiger partial charge in [-0.2, -0.15) is 0 Å². The SMILES string of the molecule is CC1CN(C(=O)[C@@H]2CC[C@H](CN)O2)CC1C. The van der Waals surface area contributed by atoms with Gasteiger partial charge >= 0.3 is 0 Å². The van der Waals surface area contributed by atoms with E-state index in [1.165, 1.54) is 0 Å². The first-order valence-electron chi connectivity index (χ1n) is 6.26. The maximum absolute atomic E-state index is 12.2. The molecule has 4 heteroatoms. The maximum atomic E-state index is 12.2. The molecule has 4 atom stereocenters. The summed E-state index contributed by atoms with van der Waals surface area (Å²) in [6, 6.07) is 0. The fraction of sp³-hybridized carbons (Fsp3) is 0.917. The predicted molar refractivity (Wildman–Crippen MR) is 61.9 cm³/mol. The predicted octanol–water partition coefficient (Wildman–Crippen LogP) is 0.607. The molecule has 1 amide bonds. The first-order valence-corrected chi connectivity index (χ1v) is 6.26. The van der Waals surface area contributed by atoms with Gasteiger partial charge in [-0.3, -0.25) is 4.79 Å². The maximum Gasteiger partial charge on any atom is 0.251 e. The summed E-state index contributed by atoms with van der Waals surface area (Å²) in [6.07, 6.45) is 1.61. The van der Waals surface area contributed by atoms with Crippen molar-refractivity contribution in [2.75, 3.05) is 19.6 Å². The van der Waals surface area contributed by atoms with Crippen LogP contribution in [0.5, 0.6) is 0 Å². The number of rotatable bonds is 2. The molecule has 0 aromatic rings. The molecule has 2 heterocycles. The summed E-state index contributed by atoms with van der Waals surface area (Å²) in [5.41, 5.74) is 5.54. The van der Waals surface area contributed by atoms with Gasteiger partial charge in [-0.05, 0) is 24.7 Å². The van der Waals surface area contributed by atoms with Crippen molar-refractivity contribution in [3.63, 3.8) is 0 Å². The monoisotopic (exact) mass is 226 g/mol. The number of nitrogens with zero attached hydrogens (tertiary/aromatic N) is 1. The third kappa shape index (κ3) is 2.23. The summed E-state index contributed by atoms with van der Waals surface area (Å²) < 4.78 is 5.64. The number of hydrogen-bond acceptors (Lipinski definition) is 3. The Labute approximate surface area is 97.1 Å². The lowest BCUT2D eigenvalue weighted by atomic mass is 10.0. The lowest BCUT2D eigenvalue weighted by molar-refractivity contribution is -0.141. The van der Waals surface area contributed by atoms with Crippen LogP contribution in [0.2, 0.25) is 0 Å². The Morgan fingerprint density at radius 3 is 2.44 bits per heavy atom. The molecule has 92 valence electrons. The van der Waals surface area contributed by atoms with E-state index in [2.05, 4.69) is 13.8 Å². The number of hydrogen-bond donors (Lipinski definition) is 1. The molecule has 0 radical (unpaired) electrons. The molecule has 0 aromatic carbocycles. The summed E-state index contributed by atoms with van der Waals surface area (Å²) >= 11 is 0. The van der Waals surface area contributed by atoms with E-state index >= 15 is 0 Å². The average molecular weight is 226 g/mol. The Morgan fingerprint density at radius 2 is 1.94 bits per heavy atom. The highest BCUT2D eigenvalue weighted by molar-refractivity contribution is 5.81. The molecular formula is C12H22N2O2. The van der Waals surface area contributed by atoms with Crippen molar-refractivity contribution in [3.05, 3.63) is 0 Å². The smallest absolute Gasteiger partial charge is 0.251 e. The van der Waals surface area contributed by atoms with Crippen molar-refractivity contribution in [2.24, 2.45) is 17.6 Å². The van der Waals surface area contributed by atoms with Crippen molar-refractivity contribution < 1.29 is 9.53 Å². The van der Waals surface area contributed by atoms with Crippen LogP contribution in [-0.2, 0) is 9.53 Å². The quantitative estimate of drug-likeness (QED) is 0.750. The highest BCUT2D eigenvalue weighted by Crippen LogP contribution is 2.26. The third-order valence-electron chi connectivity index (χ3n) is 3.95. The van der Waals surface area contributed by atoms with E-state index in [1.807, 2.05) is 4.90 Å². The number of likely N-dealkylation sites (tertiary alicyclic amines) is 1. The van der Waals surface area contributed by atoms with Crippen molar-refractivity contribution >= 4 is 5.91 Å². The Kier molecular flexibility index (Phi) is 3.50. The standard InChI is InChI=1S/C12H22N2O2/c1-8-6-14(7-9(8)2)12(15)11-4-3-10(5-13)16-11/h8-11H,3-7,13H2,1-2H3/t8?,9?,10-,11+/m1/s1. The van der Waals surface area contributed by atoms with Crippen LogP contribution in [0.4, 0.5) is 0 Å². The summed E-state index contributed by atoms with van der Waals surface area (Å²) in [5.74, 6) is 1.39. The minimum absolute atomic E-state index is 0.0893. The Morgan fingerprint density at radius 1 is 1.31 bits per heavy atom. The minimum atomic E-state index is -0.231. The van der Waals surface area contributed by atoms with Crippen LogP contribution < -0.4 is 5.73 Å². The molecule has 2 unspecified atom stereocenters.